The maximum atomic E-state index is 12.6. The molecule has 1 amide bonds. The van der Waals surface area contributed by atoms with Crippen LogP contribution in [0.15, 0.2) is 18.2 Å². The number of piperidine rings is 1. The molecule has 1 aliphatic rings. The summed E-state index contributed by atoms with van der Waals surface area (Å²) in [6.07, 6.45) is 1.19. The van der Waals surface area contributed by atoms with E-state index in [-0.39, 0.29) is 5.91 Å². The number of rotatable bonds is 3. The molecule has 4 heteroatoms. The van der Waals surface area contributed by atoms with Crippen LogP contribution in [0.5, 0.6) is 11.5 Å². The van der Waals surface area contributed by atoms with Gasteiger partial charge in [-0.2, -0.15) is 0 Å². The van der Waals surface area contributed by atoms with Crippen LogP contribution in [0.4, 0.5) is 0 Å². The van der Waals surface area contributed by atoms with Crippen LogP contribution in [0.25, 0.3) is 0 Å². The van der Waals surface area contributed by atoms with Crippen LogP contribution in [0.3, 0.4) is 0 Å². The van der Waals surface area contributed by atoms with Crippen LogP contribution < -0.4 is 9.47 Å². The van der Waals surface area contributed by atoms with E-state index < -0.39 is 0 Å². The summed E-state index contributed by atoms with van der Waals surface area (Å²) in [5, 5.41) is 0. The largest absolute Gasteiger partial charge is 0.497 e. The van der Waals surface area contributed by atoms with Gasteiger partial charge in [-0.1, -0.05) is 13.8 Å². The molecule has 1 heterocycles. The van der Waals surface area contributed by atoms with Crippen molar-refractivity contribution in [3.63, 3.8) is 0 Å². The van der Waals surface area contributed by atoms with Crippen LogP contribution in [0.1, 0.15) is 30.6 Å². The predicted octanol–water partition coefficient (Wildman–Crippen LogP) is 2.82. The van der Waals surface area contributed by atoms with Gasteiger partial charge in [0, 0.05) is 24.7 Å². The number of benzene rings is 1. The topological polar surface area (TPSA) is 38.8 Å². The minimum absolute atomic E-state index is 0.0561. The number of carbonyl (C=O) groups excluding carboxylic acids is 1. The normalized spacial score (nSPS) is 22.5. The van der Waals surface area contributed by atoms with E-state index in [9.17, 15) is 4.79 Å². The van der Waals surface area contributed by atoms with Crippen molar-refractivity contribution in [2.75, 3.05) is 27.3 Å². The third-order valence-corrected chi connectivity index (χ3v) is 3.75. The van der Waals surface area contributed by atoms with Gasteiger partial charge < -0.3 is 14.4 Å². The van der Waals surface area contributed by atoms with Crippen LogP contribution in [0, 0.1) is 11.8 Å². The number of ether oxygens (including phenoxy) is 2. The van der Waals surface area contributed by atoms with Crippen LogP contribution >= 0.6 is 0 Å². The lowest BCUT2D eigenvalue weighted by Crippen LogP contribution is -2.42. The first-order valence-corrected chi connectivity index (χ1v) is 7.05. The molecule has 2 unspecified atom stereocenters. The summed E-state index contributed by atoms with van der Waals surface area (Å²) in [6, 6.07) is 5.32. The highest BCUT2D eigenvalue weighted by atomic mass is 16.5. The Morgan fingerprint density at radius 2 is 1.55 bits per heavy atom. The van der Waals surface area contributed by atoms with E-state index in [1.54, 1.807) is 32.4 Å². The minimum atomic E-state index is 0.0561. The second-order valence-corrected chi connectivity index (χ2v) is 5.76. The Labute approximate surface area is 120 Å². The van der Waals surface area contributed by atoms with Gasteiger partial charge >= 0.3 is 0 Å². The first kappa shape index (κ1) is 14.7. The van der Waals surface area contributed by atoms with E-state index in [2.05, 4.69) is 13.8 Å². The Morgan fingerprint density at radius 1 is 1.05 bits per heavy atom. The van der Waals surface area contributed by atoms with Gasteiger partial charge in [0.25, 0.3) is 5.91 Å². The van der Waals surface area contributed by atoms with Gasteiger partial charge in [0.15, 0.2) is 0 Å². The highest BCUT2D eigenvalue weighted by Gasteiger charge is 2.26. The molecule has 110 valence electrons. The summed E-state index contributed by atoms with van der Waals surface area (Å²) in [4.78, 5) is 14.6. The lowest BCUT2D eigenvalue weighted by Gasteiger charge is -2.35. The molecule has 1 saturated heterocycles. The molecular weight excluding hydrogens is 254 g/mol. The molecule has 0 saturated carbocycles. The van der Waals surface area contributed by atoms with Crippen molar-refractivity contribution < 1.29 is 14.3 Å². The highest BCUT2D eigenvalue weighted by Crippen LogP contribution is 2.26. The Morgan fingerprint density at radius 3 is 2.00 bits per heavy atom. The molecule has 2 rings (SSSR count). The Hall–Kier alpha value is -1.71. The number of hydrogen-bond donors (Lipinski definition) is 0. The number of methoxy groups -OCH3 is 2. The van der Waals surface area contributed by atoms with Gasteiger partial charge in [-0.15, -0.1) is 0 Å². The molecule has 0 radical (unpaired) electrons. The second kappa shape index (κ2) is 6.16. The molecule has 2 atom stereocenters. The molecule has 0 bridgehead atoms. The monoisotopic (exact) mass is 277 g/mol. The highest BCUT2D eigenvalue weighted by molar-refractivity contribution is 5.95. The van der Waals surface area contributed by atoms with E-state index in [0.29, 0.717) is 28.9 Å². The van der Waals surface area contributed by atoms with Crippen LogP contribution in [0.2, 0.25) is 0 Å². The molecule has 0 aliphatic carbocycles. The summed E-state index contributed by atoms with van der Waals surface area (Å²) in [7, 11) is 3.18. The summed E-state index contributed by atoms with van der Waals surface area (Å²) in [5.74, 6) is 2.45. The zero-order valence-electron chi connectivity index (χ0n) is 12.7. The molecule has 1 fully saturated rings. The molecule has 1 aliphatic heterocycles. The third kappa shape index (κ3) is 3.24. The zero-order chi connectivity index (χ0) is 14.7. The van der Waals surface area contributed by atoms with Crippen molar-refractivity contribution in [2.45, 2.75) is 20.3 Å². The molecule has 1 aromatic rings. The SMILES string of the molecule is COc1cc(OC)cc(C(=O)N2CC(C)CC(C)C2)c1. The standard InChI is InChI=1S/C16H23NO3/c1-11-5-12(2)10-17(9-11)16(18)13-6-14(19-3)8-15(7-13)20-4/h6-8,11-12H,5,9-10H2,1-4H3. The van der Waals surface area contributed by atoms with Gasteiger partial charge in [-0.3, -0.25) is 4.79 Å². The molecule has 1 aromatic carbocycles. The lowest BCUT2D eigenvalue weighted by molar-refractivity contribution is 0.0622. The fraction of sp³-hybridized carbons (Fsp3) is 0.562. The number of likely N-dealkylation sites (tertiary alicyclic amines) is 1. The molecule has 20 heavy (non-hydrogen) atoms. The number of amides is 1. The van der Waals surface area contributed by atoms with Crippen molar-refractivity contribution in [3.05, 3.63) is 23.8 Å². The van der Waals surface area contributed by atoms with E-state index in [0.717, 1.165) is 13.1 Å². The second-order valence-electron chi connectivity index (χ2n) is 5.76. The van der Waals surface area contributed by atoms with E-state index in [1.165, 1.54) is 6.42 Å². The first-order valence-electron chi connectivity index (χ1n) is 7.05. The molecule has 0 N–H and O–H groups in total. The van der Waals surface area contributed by atoms with Gasteiger partial charge in [0.2, 0.25) is 0 Å². The number of hydrogen-bond acceptors (Lipinski definition) is 3. The van der Waals surface area contributed by atoms with Crippen molar-refractivity contribution in [1.82, 2.24) is 4.90 Å². The van der Waals surface area contributed by atoms with Crippen molar-refractivity contribution in [2.24, 2.45) is 11.8 Å². The zero-order valence-corrected chi connectivity index (χ0v) is 12.7. The molecule has 0 spiro atoms. The minimum Gasteiger partial charge on any atom is -0.497 e. The number of carbonyl (C=O) groups is 1. The summed E-state index contributed by atoms with van der Waals surface area (Å²) in [5.41, 5.74) is 0.627. The lowest BCUT2D eigenvalue weighted by atomic mass is 9.91. The Balaban J connectivity index is 2.23. The number of nitrogens with zero attached hydrogens (tertiary/aromatic N) is 1. The Kier molecular flexibility index (Phi) is 4.53. The first-order chi connectivity index (χ1) is 9.53. The van der Waals surface area contributed by atoms with Crippen LogP contribution in [-0.2, 0) is 0 Å². The maximum Gasteiger partial charge on any atom is 0.254 e. The molecule has 0 aromatic heterocycles. The van der Waals surface area contributed by atoms with Crippen LogP contribution in [-0.4, -0.2) is 38.1 Å². The van der Waals surface area contributed by atoms with Gasteiger partial charge in [-0.05, 0) is 30.4 Å². The van der Waals surface area contributed by atoms with Crippen molar-refractivity contribution >= 4 is 5.91 Å². The van der Waals surface area contributed by atoms with E-state index in [1.807, 2.05) is 4.90 Å². The predicted molar refractivity (Wildman–Crippen MR) is 78.4 cm³/mol. The van der Waals surface area contributed by atoms with Gasteiger partial charge in [0.1, 0.15) is 11.5 Å². The average Bonchev–Trinajstić information content (AvgIpc) is 2.44. The molecule has 4 nitrogen and oxygen atoms in total. The van der Waals surface area contributed by atoms with Crippen molar-refractivity contribution in [3.8, 4) is 11.5 Å². The Bertz CT molecular complexity index is 454. The van der Waals surface area contributed by atoms with E-state index in [4.69, 9.17) is 9.47 Å². The van der Waals surface area contributed by atoms with Gasteiger partial charge in [0.05, 0.1) is 14.2 Å². The summed E-state index contributed by atoms with van der Waals surface area (Å²) < 4.78 is 10.5. The fourth-order valence-corrected chi connectivity index (χ4v) is 2.94. The third-order valence-electron chi connectivity index (χ3n) is 3.75. The average molecular weight is 277 g/mol. The summed E-state index contributed by atoms with van der Waals surface area (Å²) in [6.45, 7) is 6.04. The fourth-order valence-electron chi connectivity index (χ4n) is 2.94. The van der Waals surface area contributed by atoms with Crippen molar-refractivity contribution in [1.29, 1.82) is 0 Å². The molecular formula is C16H23NO3. The summed E-state index contributed by atoms with van der Waals surface area (Å²) >= 11 is 0. The quantitative estimate of drug-likeness (QED) is 0.852. The maximum absolute atomic E-state index is 12.6. The van der Waals surface area contributed by atoms with E-state index >= 15 is 0 Å². The van der Waals surface area contributed by atoms with Gasteiger partial charge in [-0.25, -0.2) is 0 Å². The smallest absolute Gasteiger partial charge is 0.254 e.